The molecule has 0 saturated carbocycles. The number of Topliss-reactive ketones (excluding diaryl/α,β-unsaturated/α-hetero) is 1. The van der Waals surface area contributed by atoms with E-state index in [2.05, 4.69) is 10.3 Å². The van der Waals surface area contributed by atoms with Crippen LogP contribution in [0.15, 0.2) is 17.1 Å². The van der Waals surface area contributed by atoms with Crippen LogP contribution in [0.3, 0.4) is 0 Å². The predicted molar refractivity (Wildman–Crippen MR) is 69.1 cm³/mol. The Labute approximate surface area is 109 Å². The van der Waals surface area contributed by atoms with Crippen molar-refractivity contribution in [1.82, 2.24) is 0 Å². The van der Waals surface area contributed by atoms with Crippen molar-refractivity contribution in [3.8, 4) is 5.75 Å². The van der Waals surface area contributed by atoms with E-state index in [1.807, 2.05) is 0 Å². The van der Waals surface area contributed by atoms with E-state index in [0.717, 1.165) is 0 Å². The molecule has 1 aromatic carbocycles. The molecule has 1 amide bonds. The molecule has 2 N–H and O–H groups in total. The molecule has 0 aliphatic carbocycles. The molecule has 2 rings (SSSR count). The third-order valence-corrected chi connectivity index (χ3v) is 2.56. The number of benzene rings is 1. The van der Waals surface area contributed by atoms with Crippen LogP contribution in [-0.4, -0.2) is 25.1 Å². The zero-order valence-electron chi connectivity index (χ0n) is 10.5. The fraction of sp³-hybridized carbons (Fsp3) is 0.250. The molecule has 1 atom stereocenters. The predicted octanol–water partition coefficient (Wildman–Crippen LogP) is 0.300. The van der Waals surface area contributed by atoms with E-state index in [-0.39, 0.29) is 17.3 Å². The van der Waals surface area contributed by atoms with Crippen molar-refractivity contribution >= 4 is 35.1 Å². The molecule has 7 heteroatoms. The van der Waals surface area contributed by atoms with Crippen LogP contribution < -0.4 is 15.1 Å². The van der Waals surface area contributed by atoms with Crippen molar-refractivity contribution in [3.63, 3.8) is 0 Å². The van der Waals surface area contributed by atoms with Gasteiger partial charge in [0.25, 0.3) is 0 Å². The van der Waals surface area contributed by atoms with Gasteiger partial charge in [0.1, 0.15) is 11.5 Å². The standard InChI is InChI=1S/C12H13N3O4/c1-7(16)3-11(17)14-8-4-9-12(10(5-8)19-2)15(18)6-13-9/h4-6,15H,3H2,1-2H3,(H,14,17). The molecule has 0 aromatic heterocycles. The second-order valence-electron chi connectivity index (χ2n) is 4.12. The van der Waals surface area contributed by atoms with Crippen molar-refractivity contribution in [2.75, 3.05) is 12.4 Å². The Morgan fingerprint density at radius 2 is 2.21 bits per heavy atom. The van der Waals surface area contributed by atoms with Crippen molar-refractivity contribution in [2.45, 2.75) is 13.3 Å². The number of hydrogen-bond acceptors (Lipinski definition) is 5. The lowest BCUT2D eigenvalue weighted by molar-refractivity contribution is -0.655. The molecule has 0 fully saturated rings. The number of fused-ring (bicyclic) bond motifs is 1. The molecule has 0 spiro atoms. The highest BCUT2D eigenvalue weighted by molar-refractivity contribution is 6.04. The number of anilines is 1. The highest BCUT2D eigenvalue weighted by Gasteiger charge is 2.22. The van der Waals surface area contributed by atoms with E-state index in [1.165, 1.54) is 26.4 Å². The lowest BCUT2D eigenvalue weighted by Crippen LogP contribution is -2.99. The molecule has 0 bridgehead atoms. The number of ketones is 1. The second kappa shape index (κ2) is 5.17. The van der Waals surface area contributed by atoms with Gasteiger partial charge in [0.15, 0.2) is 12.1 Å². The number of carbonyl (C=O) groups excluding carboxylic acids is 2. The molecule has 1 aliphatic heterocycles. The summed E-state index contributed by atoms with van der Waals surface area (Å²) in [6.45, 7) is 1.34. The Bertz CT molecular complexity index is 568. The molecule has 1 aliphatic rings. The van der Waals surface area contributed by atoms with Gasteiger partial charge in [-0.1, -0.05) is 0 Å². The Morgan fingerprint density at radius 1 is 1.47 bits per heavy atom. The van der Waals surface area contributed by atoms with E-state index in [0.29, 0.717) is 22.8 Å². The minimum absolute atomic E-state index is 0.193. The van der Waals surface area contributed by atoms with Gasteiger partial charge in [-0.2, -0.15) is 4.99 Å². The summed E-state index contributed by atoms with van der Waals surface area (Å²) in [6, 6.07) is 3.10. The molecule has 1 aromatic rings. The number of hydrogen-bond donors (Lipinski definition) is 2. The van der Waals surface area contributed by atoms with Crippen LogP contribution >= 0.6 is 0 Å². The zero-order valence-corrected chi connectivity index (χ0v) is 10.5. The highest BCUT2D eigenvalue weighted by Crippen LogP contribution is 2.36. The number of amides is 1. The molecular formula is C12H13N3O4. The van der Waals surface area contributed by atoms with Crippen molar-refractivity contribution in [3.05, 3.63) is 17.3 Å². The Balaban J connectivity index is 2.26. The number of ether oxygens (including phenoxy) is 1. The number of nitrogens with zero attached hydrogens (tertiary/aromatic N) is 1. The molecule has 100 valence electrons. The molecular weight excluding hydrogens is 250 g/mol. The van der Waals surface area contributed by atoms with Gasteiger partial charge in [-0.05, 0) is 13.0 Å². The van der Waals surface area contributed by atoms with Gasteiger partial charge in [-0.25, -0.2) is 0 Å². The molecule has 0 radical (unpaired) electrons. The summed E-state index contributed by atoms with van der Waals surface area (Å²) in [4.78, 5) is 26.3. The van der Waals surface area contributed by atoms with Crippen LogP contribution in [0.1, 0.15) is 13.3 Å². The van der Waals surface area contributed by atoms with E-state index < -0.39 is 5.91 Å². The van der Waals surface area contributed by atoms with Gasteiger partial charge in [0, 0.05) is 11.8 Å². The first-order valence-corrected chi connectivity index (χ1v) is 5.61. The summed E-state index contributed by atoms with van der Waals surface area (Å²) in [5.41, 5.74) is 1.27. The molecule has 0 saturated heterocycles. The van der Waals surface area contributed by atoms with Crippen molar-refractivity contribution in [1.29, 1.82) is 0 Å². The average Bonchev–Trinajstić information content (AvgIpc) is 2.69. The summed E-state index contributed by atoms with van der Waals surface area (Å²) in [5.74, 6) is -0.292. The maximum absolute atomic E-state index is 11.6. The SMILES string of the molecule is COc1cc(NC(=O)CC(C)=O)cc2c1[NH+]([O-])C=N2. The van der Waals surface area contributed by atoms with Gasteiger partial charge in [0.05, 0.1) is 13.5 Å². The minimum Gasteiger partial charge on any atom is -0.623 e. The Morgan fingerprint density at radius 3 is 2.84 bits per heavy atom. The number of nitrogens with one attached hydrogen (secondary N) is 2. The molecule has 1 heterocycles. The molecule has 1 unspecified atom stereocenters. The fourth-order valence-corrected chi connectivity index (χ4v) is 1.81. The number of carbonyl (C=O) groups is 2. The first-order chi connectivity index (χ1) is 9.01. The van der Waals surface area contributed by atoms with Gasteiger partial charge < -0.3 is 15.3 Å². The van der Waals surface area contributed by atoms with Gasteiger partial charge >= 0.3 is 0 Å². The van der Waals surface area contributed by atoms with Crippen molar-refractivity contribution < 1.29 is 19.4 Å². The molecule has 7 nitrogen and oxygen atoms in total. The summed E-state index contributed by atoms with van der Waals surface area (Å²) >= 11 is 0. The number of aliphatic imine (C=N–C) groups is 1. The van der Waals surface area contributed by atoms with Crippen molar-refractivity contribution in [2.24, 2.45) is 4.99 Å². The lowest BCUT2D eigenvalue weighted by Gasteiger charge is -2.15. The number of methoxy groups -OCH3 is 1. The fourth-order valence-electron chi connectivity index (χ4n) is 1.81. The van der Waals surface area contributed by atoms with Gasteiger partial charge in [-0.15, -0.1) is 0 Å². The second-order valence-corrected chi connectivity index (χ2v) is 4.12. The summed E-state index contributed by atoms with van der Waals surface area (Å²) < 4.78 is 5.11. The first-order valence-electron chi connectivity index (χ1n) is 5.61. The maximum atomic E-state index is 11.6. The topological polar surface area (TPSA) is 95.3 Å². The quantitative estimate of drug-likeness (QED) is 0.603. The van der Waals surface area contributed by atoms with E-state index >= 15 is 0 Å². The Kier molecular flexibility index (Phi) is 3.59. The third kappa shape index (κ3) is 2.78. The van der Waals surface area contributed by atoms with Crippen LogP contribution in [0.25, 0.3) is 0 Å². The summed E-state index contributed by atoms with van der Waals surface area (Å²) in [5, 5.41) is 13.9. The number of quaternary nitrogens is 1. The van der Waals surface area contributed by atoms with E-state index in [4.69, 9.17) is 4.74 Å². The van der Waals surface area contributed by atoms with E-state index in [1.54, 1.807) is 6.07 Å². The normalized spacial score (nSPS) is 16.1. The zero-order chi connectivity index (χ0) is 14.0. The summed E-state index contributed by atoms with van der Waals surface area (Å²) in [6.07, 6.45) is 1.01. The van der Waals surface area contributed by atoms with Crippen LogP contribution in [0.4, 0.5) is 17.1 Å². The minimum atomic E-state index is -0.414. The highest BCUT2D eigenvalue weighted by atomic mass is 16.5. The van der Waals surface area contributed by atoms with Crippen LogP contribution in [0.2, 0.25) is 0 Å². The van der Waals surface area contributed by atoms with Crippen LogP contribution in [-0.2, 0) is 9.59 Å². The monoisotopic (exact) mass is 263 g/mol. The van der Waals surface area contributed by atoms with Gasteiger partial charge in [-0.3, -0.25) is 14.7 Å². The number of hydroxylamine groups is 1. The number of rotatable bonds is 4. The lowest BCUT2D eigenvalue weighted by atomic mass is 10.2. The maximum Gasteiger partial charge on any atom is 0.231 e. The van der Waals surface area contributed by atoms with E-state index in [9.17, 15) is 14.8 Å². The average molecular weight is 263 g/mol. The Hall–Kier alpha value is -2.25. The first kappa shape index (κ1) is 13.2. The largest absolute Gasteiger partial charge is 0.623 e. The molecule has 19 heavy (non-hydrogen) atoms. The smallest absolute Gasteiger partial charge is 0.231 e. The summed E-state index contributed by atoms with van der Waals surface area (Å²) in [7, 11) is 1.43. The van der Waals surface area contributed by atoms with Gasteiger partial charge in [0.2, 0.25) is 11.6 Å². The van der Waals surface area contributed by atoms with Crippen LogP contribution in [0, 0.1) is 5.21 Å². The third-order valence-electron chi connectivity index (χ3n) is 2.56. The van der Waals surface area contributed by atoms with Crippen LogP contribution in [0.5, 0.6) is 5.75 Å².